The average Bonchev–Trinajstić information content (AvgIpc) is 3.22. The van der Waals surface area contributed by atoms with Gasteiger partial charge >= 0.3 is 0 Å². The molecule has 1 aromatic heterocycles. The molecule has 0 bridgehead atoms. The number of hydrogen-bond donors (Lipinski definition) is 2. The maximum atomic E-state index is 12.6. The number of para-hydroxylation sites is 2. The number of methoxy groups -OCH3 is 1. The van der Waals surface area contributed by atoms with Gasteiger partial charge in [0.1, 0.15) is 11.3 Å². The van der Waals surface area contributed by atoms with Gasteiger partial charge < -0.3 is 14.5 Å². The first-order chi connectivity index (χ1) is 15.4. The molecule has 0 radical (unpaired) electrons. The lowest BCUT2D eigenvalue weighted by Gasteiger charge is -2.13. The van der Waals surface area contributed by atoms with Crippen LogP contribution >= 0.6 is 44.1 Å². The number of halogens is 2. The normalized spacial score (nSPS) is 10.7. The van der Waals surface area contributed by atoms with Crippen molar-refractivity contribution in [1.29, 1.82) is 0 Å². The molecule has 9 heteroatoms. The Morgan fingerprint density at radius 1 is 1.12 bits per heavy atom. The largest absolute Gasteiger partial charge is 0.495 e. The van der Waals surface area contributed by atoms with E-state index in [-0.39, 0.29) is 11.0 Å². The molecule has 0 unspecified atom stereocenters. The van der Waals surface area contributed by atoms with Gasteiger partial charge in [0.15, 0.2) is 10.7 Å². The van der Waals surface area contributed by atoms with Gasteiger partial charge in [-0.15, -0.1) is 0 Å². The highest BCUT2D eigenvalue weighted by Gasteiger charge is 2.17. The quantitative estimate of drug-likeness (QED) is 0.292. The van der Waals surface area contributed by atoms with Crippen molar-refractivity contribution in [3.63, 3.8) is 0 Å². The molecule has 1 heterocycles. The lowest BCUT2D eigenvalue weighted by Crippen LogP contribution is -2.39. The van der Waals surface area contributed by atoms with Crippen LogP contribution in [0.1, 0.15) is 15.9 Å². The van der Waals surface area contributed by atoms with E-state index in [2.05, 4.69) is 47.5 Å². The van der Waals surface area contributed by atoms with E-state index in [9.17, 15) is 4.79 Å². The van der Waals surface area contributed by atoms with Crippen LogP contribution in [0.15, 0.2) is 74.0 Å². The molecule has 0 spiro atoms. The number of hydrogen-bond acceptors (Lipinski definition) is 5. The molecule has 0 aliphatic rings. The summed E-state index contributed by atoms with van der Waals surface area (Å²) in [4.78, 5) is 17.2. The Balaban J connectivity index is 1.37. The molecule has 0 aliphatic heterocycles. The third-order valence-electron chi connectivity index (χ3n) is 4.63. The molecule has 6 nitrogen and oxygen atoms in total. The average molecular weight is 575 g/mol. The van der Waals surface area contributed by atoms with Crippen molar-refractivity contribution in [3.05, 3.63) is 80.7 Å². The number of amides is 1. The fourth-order valence-electron chi connectivity index (χ4n) is 3.09. The number of nitrogens with one attached hydrogen (secondary N) is 2. The highest BCUT2D eigenvalue weighted by Crippen LogP contribution is 2.32. The van der Waals surface area contributed by atoms with Crippen LogP contribution in [0, 0.1) is 0 Å². The van der Waals surface area contributed by atoms with E-state index in [4.69, 9.17) is 21.4 Å². The van der Waals surface area contributed by atoms with Crippen LogP contribution in [-0.4, -0.2) is 23.1 Å². The van der Waals surface area contributed by atoms with Gasteiger partial charge in [0.25, 0.3) is 5.91 Å². The van der Waals surface area contributed by atoms with Crippen LogP contribution in [0.4, 0.5) is 0 Å². The summed E-state index contributed by atoms with van der Waals surface area (Å²) in [7, 11) is 1.51. The molecule has 0 saturated carbocycles. The zero-order chi connectivity index (χ0) is 22.7. The second kappa shape index (κ2) is 9.81. The zero-order valence-electron chi connectivity index (χ0n) is 16.8. The summed E-state index contributed by atoms with van der Waals surface area (Å²) >= 11 is 12.1. The number of benzene rings is 3. The first-order valence-electron chi connectivity index (χ1n) is 9.51. The first-order valence-corrected chi connectivity index (χ1v) is 11.5. The van der Waals surface area contributed by atoms with E-state index in [1.807, 2.05) is 48.5 Å². The molecule has 2 N–H and O–H groups in total. The van der Waals surface area contributed by atoms with E-state index in [1.54, 1.807) is 12.1 Å². The van der Waals surface area contributed by atoms with Crippen molar-refractivity contribution in [1.82, 2.24) is 15.6 Å². The van der Waals surface area contributed by atoms with Crippen molar-refractivity contribution in [2.24, 2.45) is 0 Å². The number of rotatable bonds is 5. The summed E-state index contributed by atoms with van der Waals surface area (Å²) in [6, 6.07) is 18.9. The number of aromatic nitrogens is 1. The number of fused-ring (bicyclic) bond motifs is 1. The van der Waals surface area contributed by atoms with Crippen LogP contribution < -0.4 is 15.4 Å². The Bertz CT molecular complexity index is 1270. The predicted octanol–water partition coefficient (Wildman–Crippen LogP) is 5.83. The van der Waals surface area contributed by atoms with Crippen molar-refractivity contribution in [3.8, 4) is 17.2 Å². The number of nitrogens with zero attached hydrogens (tertiary/aromatic N) is 1. The molecule has 1 amide bonds. The summed E-state index contributed by atoms with van der Waals surface area (Å²) in [6.07, 6.45) is 0. The summed E-state index contributed by atoms with van der Waals surface area (Å²) in [6.45, 7) is 0.451. The van der Waals surface area contributed by atoms with E-state index < -0.39 is 0 Å². The molecular formula is C23H17Br2N3O3S. The molecule has 3 aromatic carbocycles. The number of ether oxygens (including phenoxy) is 1. The first kappa shape index (κ1) is 22.4. The van der Waals surface area contributed by atoms with Gasteiger partial charge in [-0.05, 0) is 70.1 Å². The van der Waals surface area contributed by atoms with Crippen molar-refractivity contribution >= 4 is 66.2 Å². The van der Waals surface area contributed by atoms with Gasteiger partial charge in [-0.1, -0.05) is 40.2 Å². The molecule has 4 rings (SSSR count). The molecule has 0 fully saturated rings. The minimum Gasteiger partial charge on any atom is -0.495 e. The van der Waals surface area contributed by atoms with E-state index >= 15 is 0 Å². The Labute approximate surface area is 206 Å². The maximum absolute atomic E-state index is 12.6. The Morgan fingerprint density at radius 2 is 1.88 bits per heavy atom. The third-order valence-corrected chi connectivity index (χ3v) is 5.93. The molecule has 0 aliphatic carbocycles. The lowest BCUT2D eigenvalue weighted by molar-refractivity contribution is 0.0973. The fraction of sp³-hybridized carbons (Fsp3) is 0.0870. The van der Waals surface area contributed by atoms with Crippen molar-refractivity contribution in [2.45, 2.75) is 6.54 Å². The zero-order valence-corrected chi connectivity index (χ0v) is 20.8. The smallest absolute Gasteiger partial charge is 0.261 e. The van der Waals surface area contributed by atoms with Gasteiger partial charge in [-0.2, -0.15) is 0 Å². The van der Waals surface area contributed by atoms with Gasteiger partial charge in [-0.3, -0.25) is 10.1 Å². The fourth-order valence-corrected chi connectivity index (χ4v) is 4.65. The SMILES string of the molecule is COc1c(Br)cc(Br)cc1C(=O)NC(=S)NCc1ccc(-c2nc3ccccc3o2)cc1. The second-order valence-electron chi connectivity index (χ2n) is 6.79. The molecule has 0 atom stereocenters. The third kappa shape index (κ3) is 5.01. The predicted molar refractivity (Wildman–Crippen MR) is 135 cm³/mol. The van der Waals surface area contributed by atoms with Crippen LogP contribution in [0.2, 0.25) is 0 Å². The molecule has 162 valence electrons. The van der Waals surface area contributed by atoms with Gasteiger partial charge in [0, 0.05) is 16.6 Å². The van der Waals surface area contributed by atoms with Crippen LogP contribution in [-0.2, 0) is 6.54 Å². The molecule has 4 aromatic rings. The number of thiocarbonyl (C=S) groups is 1. The maximum Gasteiger partial charge on any atom is 0.261 e. The van der Waals surface area contributed by atoms with Crippen molar-refractivity contribution in [2.75, 3.05) is 7.11 Å². The summed E-state index contributed by atoms with van der Waals surface area (Å²) in [5.74, 6) is 0.638. The van der Waals surface area contributed by atoms with Crippen LogP contribution in [0.25, 0.3) is 22.6 Å². The summed E-state index contributed by atoms with van der Waals surface area (Å²) < 4.78 is 12.5. The van der Waals surface area contributed by atoms with Crippen LogP contribution in [0.5, 0.6) is 5.75 Å². The minimum atomic E-state index is -0.368. The highest BCUT2D eigenvalue weighted by molar-refractivity contribution is 9.11. The molecular weight excluding hydrogens is 558 g/mol. The number of carbonyl (C=O) groups is 1. The van der Waals surface area contributed by atoms with E-state index in [0.29, 0.717) is 28.2 Å². The lowest BCUT2D eigenvalue weighted by atomic mass is 10.1. The Kier molecular flexibility index (Phi) is 6.88. The summed E-state index contributed by atoms with van der Waals surface area (Å²) in [5.41, 5.74) is 3.81. The van der Waals surface area contributed by atoms with Gasteiger partial charge in [0.05, 0.1) is 17.1 Å². The number of carbonyl (C=O) groups excluding carboxylic acids is 1. The van der Waals surface area contributed by atoms with Gasteiger partial charge in [0.2, 0.25) is 5.89 Å². The molecule has 0 saturated heterocycles. The van der Waals surface area contributed by atoms with E-state index in [1.165, 1.54) is 7.11 Å². The van der Waals surface area contributed by atoms with Crippen molar-refractivity contribution < 1.29 is 13.9 Å². The minimum absolute atomic E-state index is 0.219. The van der Waals surface area contributed by atoms with Crippen LogP contribution in [0.3, 0.4) is 0 Å². The topological polar surface area (TPSA) is 76.4 Å². The Hall–Kier alpha value is -2.75. The van der Waals surface area contributed by atoms with Gasteiger partial charge in [-0.25, -0.2) is 4.98 Å². The summed E-state index contributed by atoms with van der Waals surface area (Å²) in [5, 5.41) is 5.94. The standard InChI is InChI=1S/C23H17Br2N3O3S/c1-30-20-16(10-15(24)11-17(20)25)21(29)28-23(32)26-12-13-6-8-14(9-7-13)22-27-18-4-2-3-5-19(18)31-22/h2-11H,12H2,1H3,(H2,26,28,29,32). The number of oxazole rings is 1. The second-order valence-corrected chi connectivity index (χ2v) is 8.97. The van der Waals surface area contributed by atoms with E-state index in [0.717, 1.165) is 26.7 Å². The highest BCUT2D eigenvalue weighted by atomic mass is 79.9. The molecule has 32 heavy (non-hydrogen) atoms. The Morgan fingerprint density at radius 3 is 2.59 bits per heavy atom. The monoisotopic (exact) mass is 573 g/mol.